The van der Waals surface area contributed by atoms with E-state index in [1.165, 1.54) is 11.9 Å². The Labute approximate surface area is 178 Å². The van der Waals surface area contributed by atoms with Crippen molar-refractivity contribution in [1.29, 1.82) is 0 Å². The SMILES string of the molecule is CCC(CC(N)=O)C1(c2ccccc2C)SC(c2cc(F)ccc2F)=NN1C(C)=O. The molecule has 2 atom stereocenters. The normalized spacial score (nSPS) is 19.5. The second kappa shape index (κ2) is 8.55. The molecule has 0 aromatic heterocycles. The number of primary amides is 1. The van der Waals surface area contributed by atoms with Crippen molar-refractivity contribution in [2.75, 3.05) is 0 Å². The molecule has 2 N–H and O–H groups in total. The predicted molar refractivity (Wildman–Crippen MR) is 113 cm³/mol. The first-order valence-electron chi connectivity index (χ1n) is 9.59. The van der Waals surface area contributed by atoms with Gasteiger partial charge < -0.3 is 5.73 Å². The van der Waals surface area contributed by atoms with Crippen LogP contribution in [0.3, 0.4) is 0 Å². The van der Waals surface area contributed by atoms with Crippen LogP contribution < -0.4 is 5.73 Å². The molecular weight excluding hydrogens is 408 g/mol. The van der Waals surface area contributed by atoms with Gasteiger partial charge in [-0.2, -0.15) is 5.10 Å². The molecule has 2 aromatic carbocycles. The zero-order chi connectivity index (χ0) is 22.1. The highest BCUT2D eigenvalue weighted by Crippen LogP contribution is 2.55. The largest absolute Gasteiger partial charge is 0.370 e. The van der Waals surface area contributed by atoms with Crippen LogP contribution >= 0.6 is 11.8 Å². The standard InChI is InChI=1S/C22H23F2N3O2S/c1-4-15(11-20(25)29)22(18-8-6-5-7-13(18)2)27(14(3)28)26-21(30-22)17-12-16(23)9-10-19(17)24/h5-10,12,15H,4,11H2,1-3H3,(H2,25,29). The number of benzene rings is 2. The van der Waals surface area contributed by atoms with Crippen molar-refractivity contribution >= 4 is 28.6 Å². The van der Waals surface area contributed by atoms with Crippen molar-refractivity contribution in [3.63, 3.8) is 0 Å². The van der Waals surface area contributed by atoms with Gasteiger partial charge in [0.05, 0.1) is 0 Å². The summed E-state index contributed by atoms with van der Waals surface area (Å²) in [5.74, 6) is -2.54. The highest BCUT2D eigenvalue weighted by molar-refractivity contribution is 8.15. The molecule has 1 aliphatic heterocycles. The number of hydrogen-bond acceptors (Lipinski definition) is 4. The Bertz CT molecular complexity index is 1030. The minimum Gasteiger partial charge on any atom is -0.370 e. The molecule has 0 bridgehead atoms. The molecular formula is C22H23F2N3O2S. The molecule has 1 aliphatic rings. The molecule has 5 nitrogen and oxygen atoms in total. The number of aryl methyl sites for hydroxylation is 1. The summed E-state index contributed by atoms with van der Waals surface area (Å²) in [6, 6.07) is 10.6. The second-order valence-electron chi connectivity index (χ2n) is 7.25. The van der Waals surface area contributed by atoms with Crippen molar-refractivity contribution in [2.24, 2.45) is 16.8 Å². The Balaban J connectivity index is 2.26. The molecule has 0 spiro atoms. The summed E-state index contributed by atoms with van der Waals surface area (Å²) in [5, 5.41) is 5.87. The van der Waals surface area contributed by atoms with Gasteiger partial charge in [0, 0.05) is 24.8 Å². The van der Waals surface area contributed by atoms with Crippen LogP contribution in [0, 0.1) is 24.5 Å². The average Bonchev–Trinajstić information content (AvgIpc) is 3.09. The van der Waals surface area contributed by atoms with Crippen LogP contribution in [0.5, 0.6) is 0 Å². The predicted octanol–water partition coefficient (Wildman–Crippen LogP) is 4.28. The first-order valence-corrected chi connectivity index (χ1v) is 10.4. The molecule has 1 heterocycles. The minimum absolute atomic E-state index is 0.00997. The Morgan fingerprint density at radius 2 is 1.93 bits per heavy atom. The molecule has 3 rings (SSSR count). The Morgan fingerprint density at radius 1 is 1.23 bits per heavy atom. The van der Waals surface area contributed by atoms with E-state index in [9.17, 15) is 18.4 Å². The monoisotopic (exact) mass is 431 g/mol. The third-order valence-corrected chi connectivity index (χ3v) is 6.77. The summed E-state index contributed by atoms with van der Waals surface area (Å²) in [6.45, 7) is 5.15. The zero-order valence-corrected chi connectivity index (χ0v) is 17.8. The van der Waals surface area contributed by atoms with Gasteiger partial charge in [-0.25, -0.2) is 13.8 Å². The highest BCUT2D eigenvalue weighted by atomic mass is 32.2. The number of thioether (sulfide) groups is 1. The van der Waals surface area contributed by atoms with E-state index < -0.39 is 28.3 Å². The summed E-state index contributed by atoms with van der Waals surface area (Å²) in [6.07, 6.45) is 0.526. The first-order chi connectivity index (χ1) is 14.2. The molecule has 158 valence electrons. The zero-order valence-electron chi connectivity index (χ0n) is 17.0. The fourth-order valence-electron chi connectivity index (χ4n) is 3.87. The average molecular weight is 432 g/mol. The van der Waals surface area contributed by atoms with Crippen LogP contribution in [0.2, 0.25) is 0 Å². The number of carbonyl (C=O) groups excluding carboxylic acids is 2. The number of amides is 2. The molecule has 8 heteroatoms. The van der Waals surface area contributed by atoms with Crippen LogP contribution in [0.1, 0.15) is 43.4 Å². The minimum atomic E-state index is -1.12. The van der Waals surface area contributed by atoms with Crippen molar-refractivity contribution in [2.45, 2.75) is 38.5 Å². The first kappa shape index (κ1) is 22.0. The maximum absolute atomic E-state index is 14.5. The van der Waals surface area contributed by atoms with E-state index in [0.717, 1.165) is 41.1 Å². The van der Waals surface area contributed by atoms with Crippen molar-refractivity contribution in [3.05, 3.63) is 70.8 Å². The van der Waals surface area contributed by atoms with Crippen LogP contribution in [-0.4, -0.2) is 21.9 Å². The van der Waals surface area contributed by atoms with Crippen molar-refractivity contribution in [3.8, 4) is 0 Å². The second-order valence-corrected chi connectivity index (χ2v) is 8.46. The Kier molecular flexibility index (Phi) is 6.26. The fourth-order valence-corrected chi connectivity index (χ4v) is 5.57. The van der Waals surface area contributed by atoms with E-state index in [1.807, 2.05) is 38.1 Å². The number of hydrogen-bond donors (Lipinski definition) is 1. The lowest BCUT2D eigenvalue weighted by molar-refractivity contribution is -0.135. The molecule has 0 saturated carbocycles. The van der Waals surface area contributed by atoms with E-state index in [1.54, 1.807) is 0 Å². The maximum atomic E-state index is 14.5. The van der Waals surface area contributed by atoms with Gasteiger partial charge in [0.2, 0.25) is 11.8 Å². The smallest absolute Gasteiger partial charge is 0.241 e. The lowest BCUT2D eigenvalue weighted by Gasteiger charge is -2.42. The summed E-state index contributed by atoms with van der Waals surface area (Å²) in [4.78, 5) is 23.5. The van der Waals surface area contributed by atoms with Crippen LogP contribution in [0.15, 0.2) is 47.6 Å². The molecule has 2 amide bonds. The van der Waals surface area contributed by atoms with E-state index in [2.05, 4.69) is 5.10 Å². The quantitative estimate of drug-likeness (QED) is 0.742. The van der Waals surface area contributed by atoms with Crippen LogP contribution in [0.25, 0.3) is 0 Å². The van der Waals surface area contributed by atoms with E-state index in [4.69, 9.17) is 5.73 Å². The van der Waals surface area contributed by atoms with E-state index >= 15 is 0 Å². The van der Waals surface area contributed by atoms with Gasteiger partial charge in [-0.1, -0.05) is 43.0 Å². The Hall–Kier alpha value is -2.74. The van der Waals surface area contributed by atoms with Crippen LogP contribution in [0.4, 0.5) is 8.78 Å². The summed E-state index contributed by atoms with van der Waals surface area (Å²) >= 11 is 1.15. The van der Waals surface area contributed by atoms with E-state index in [-0.39, 0.29) is 22.9 Å². The van der Waals surface area contributed by atoms with Gasteiger partial charge in [0.25, 0.3) is 0 Å². The van der Waals surface area contributed by atoms with Gasteiger partial charge in [-0.3, -0.25) is 9.59 Å². The Morgan fingerprint density at radius 3 is 2.53 bits per heavy atom. The summed E-state index contributed by atoms with van der Waals surface area (Å²) < 4.78 is 28.4. The van der Waals surface area contributed by atoms with Crippen LogP contribution in [-0.2, 0) is 14.5 Å². The molecule has 0 saturated heterocycles. The maximum Gasteiger partial charge on any atom is 0.241 e. The van der Waals surface area contributed by atoms with Crippen molar-refractivity contribution < 1.29 is 18.4 Å². The third-order valence-electron chi connectivity index (χ3n) is 5.24. The lowest BCUT2D eigenvalue weighted by Crippen LogP contribution is -2.47. The number of rotatable bonds is 6. The van der Waals surface area contributed by atoms with E-state index in [0.29, 0.717) is 6.42 Å². The number of hydrazone groups is 1. The summed E-state index contributed by atoms with van der Waals surface area (Å²) in [7, 11) is 0. The van der Waals surface area contributed by atoms with Gasteiger partial charge in [0.1, 0.15) is 21.5 Å². The number of nitrogens with two attached hydrogens (primary N) is 1. The highest BCUT2D eigenvalue weighted by Gasteiger charge is 2.53. The van der Waals surface area contributed by atoms with Crippen molar-refractivity contribution in [1.82, 2.24) is 5.01 Å². The molecule has 2 aromatic rings. The lowest BCUT2D eigenvalue weighted by atomic mass is 9.84. The molecule has 2 unspecified atom stereocenters. The number of nitrogens with zero attached hydrogens (tertiary/aromatic N) is 2. The molecule has 30 heavy (non-hydrogen) atoms. The van der Waals surface area contributed by atoms with Gasteiger partial charge >= 0.3 is 0 Å². The summed E-state index contributed by atoms with van der Waals surface area (Å²) in [5.41, 5.74) is 7.15. The topological polar surface area (TPSA) is 75.8 Å². The van der Waals surface area contributed by atoms with Gasteiger partial charge in [0.15, 0.2) is 0 Å². The molecule has 0 fully saturated rings. The van der Waals surface area contributed by atoms with Gasteiger partial charge in [-0.05, 0) is 42.7 Å². The molecule has 0 radical (unpaired) electrons. The molecule has 0 aliphatic carbocycles. The van der Waals surface area contributed by atoms with Gasteiger partial charge in [-0.15, -0.1) is 0 Å². The number of carbonyl (C=O) groups is 2. The fraction of sp³-hybridized carbons (Fsp3) is 0.318. The third kappa shape index (κ3) is 3.84. The number of halogens is 2.